The number of imidazole rings is 1. The number of carbonyl (C=O) groups is 1. The molecule has 34 heavy (non-hydrogen) atoms. The van der Waals surface area contributed by atoms with Crippen molar-refractivity contribution in [2.45, 2.75) is 63.8 Å². The standard InChI is InChI=1S/C24H33N5O4S/c1-5-23(3,4)22-27-19-16-18(34(31,32)29(6-2)13-7-12-26-29)8-9-20(19)28(22)17-24(21(25)30)10-14-33-15-11-24/h7-9,12-13,16H,5-6,10-11,14-15,17H2,1-4H3,(H-,25,30)/p+1. The van der Waals surface area contributed by atoms with Gasteiger partial charge in [0.05, 0.1) is 22.7 Å². The maximum atomic E-state index is 13.5. The van der Waals surface area contributed by atoms with Gasteiger partial charge < -0.3 is 15.0 Å². The molecule has 0 aliphatic carbocycles. The normalized spacial score (nSPS) is 22.5. The number of aromatic nitrogens is 2. The minimum Gasteiger partial charge on any atom is -0.381 e. The van der Waals surface area contributed by atoms with Gasteiger partial charge in [0, 0.05) is 31.2 Å². The molecule has 2 aliphatic rings. The highest BCUT2D eigenvalue weighted by Crippen LogP contribution is 2.38. The third kappa shape index (κ3) is 3.77. The Labute approximate surface area is 200 Å². The molecule has 1 aromatic heterocycles. The Balaban J connectivity index is 1.88. The summed E-state index contributed by atoms with van der Waals surface area (Å²) in [5.41, 5.74) is 6.24. The number of carbonyl (C=O) groups excluding carboxylic acids is 1. The first-order valence-electron chi connectivity index (χ1n) is 11.8. The summed E-state index contributed by atoms with van der Waals surface area (Å²) in [7, 11) is -3.83. The van der Waals surface area contributed by atoms with Crippen LogP contribution in [-0.4, -0.2) is 53.8 Å². The monoisotopic (exact) mass is 488 g/mol. The number of amides is 1. The molecular weight excluding hydrogens is 454 g/mol. The van der Waals surface area contributed by atoms with Crippen LogP contribution in [0, 0.1) is 5.41 Å². The molecule has 2 aliphatic heterocycles. The van der Waals surface area contributed by atoms with Crippen molar-refractivity contribution in [2.24, 2.45) is 16.3 Å². The molecule has 3 heterocycles. The van der Waals surface area contributed by atoms with E-state index in [2.05, 4.69) is 30.4 Å². The van der Waals surface area contributed by atoms with Crippen LogP contribution >= 0.6 is 0 Å². The smallest absolute Gasteiger partial charge is 0.356 e. The summed E-state index contributed by atoms with van der Waals surface area (Å²) < 4.78 is 34.1. The number of benzene rings is 1. The van der Waals surface area contributed by atoms with E-state index in [1.165, 1.54) is 6.21 Å². The highest BCUT2D eigenvalue weighted by molar-refractivity contribution is 7.86. The van der Waals surface area contributed by atoms with Gasteiger partial charge in [0.2, 0.25) is 5.91 Å². The van der Waals surface area contributed by atoms with Crippen LogP contribution in [0.15, 0.2) is 40.5 Å². The fraction of sp³-hybridized carbons (Fsp3) is 0.542. The van der Waals surface area contributed by atoms with Crippen LogP contribution in [0.5, 0.6) is 0 Å². The molecule has 2 N–H and O–H groups in total. The second-order valence-corrected chi connectivity index (χ2v) is 11.9. The number of allylic oxidation sites excluding steroid dienone is 1. The lowest BCUT2D eigenvalue weighted by atomic mass is 9.79. The molecule has 0 spiro atoms. The molecule has 0 bridgehead atoms. The van der Waals surface area contributed by atoms with Gasteiger partial charge in [-0.15, -0.1) is 0 Å². The summed E-state index contributed by atoms with van der Waals surface area (Å²) in [6.07, 6.45) is 6.64. The van der Waals surface area contributed by atoms with Gasteiger partial charge in [-0.2, -0.15) is 8.42 Å². The predicted octanol–water partition coefficient (Wildman–Crippen LogP) is 3.04. The molecule has 184 valence electrons. The topological polar surface area (TPSA) is 117 Å². The van der Waals surface area contributed by atoms with Gasteiger partial charge in [0.1, 0.15) is 23.5 Å². The SMILES string of the molecule is CCC(C)(C)c1nc2cc(S(=O)(=O)[N+]3(CC)C=CC=N3)ccc2n1CC1(C(N)=O)CCOCC1. The Kier molecular flexibility index (Phi) is 6.20. The fourth-order valence-corrected chi connectivity index (χ4v) is 6.31. The molecule has 1 fully saturated rings. The van der Waals surface area contributed by atoms with Crippen molar-refractivity contribution in [2.75, 3.05) is 19.8 Å². The zero-order chi connectivity index (χ0) is 24.8. The van der Waals surface area contributed by atoms with Crippen LogP contribution in [0.1, 0.15) is 52.8 Å². The number of sulfonamides is 1. The van der Waals surface area contributed by atoms with Crippen LogP contribution in [0.25, 0.3) is 11.0 Å². The van der Waals surface area contributed by atoms with E-state index in [0.29, 0.717) is 38.1 Å². The lowest BCUT2D eigenvalue weighted by Gasteiger charge is -2.36. The number of quaternary nitrogens is 1. The van der Waals surface area contributed by atoms with Crippen molar-refractivity contribution in [1.29, 1.82) is 0 Å². The minimum absolute atomic E-state index is 0.159. The number of hydrogen-bond acceptors (Lipinski definition) is 6. The fourth-order valence-electron chi connectivity index (χ4n) is 4.70. The minimum atomic E-state index is -3.83. The summed E-state index contributed by atoms with van der Waals surface area (Å²) in [6.45, 7) is 9.70. The number of primary amides is 1. The Morgan fingerprint density at radius 2 is 1.97 bits per heavy atom. The number of hydrogen-bond donors (Lipinski definition) is 1. The second-order valence-electron chi connectivity index (χ2n) is 9.82. The van der Waals surface area contributed by atoms with E-state index in [0.717, 1.165) is 17.8 Å². The molecule has 1 atom stereocenters. The Morgan fingerprint density at radius 3 is 2.53 bits per heavy atom. The van der Waals surface area contributed by atoms with Crippen molar-refractivity contribution in [3.8, 4) is 0 Å². The highest BCUT2D eigenvalue weighted by Gasteiger charge is 2.44. The van der Waals surface area contributed by atoms with Crippen LogP contribution in [0.4, 0.5) is 0 Å². The van der Waals surface area contributed by atoms with Gasteiger partial charge in [-0.05, 0) is 44.4 Å². The van der Waals surface area contributed by atoms with E-state index in [-0.39, 0.29) is 22.8 Å². The van der Waals surface area contributed by atoms with E-state index >= 15 is 0 Å². The highest BCUT2D eigenvalue weighted by atomic mass is 32.2. The molecule has 0 radical (unpaired) electrons. The molecule has 1 unspecified atom stereocenters. The number of ether oxygens (including phenoxy) is 1. The van der Waals surface area contributed by atoms with Gasteiger partial charge in [-0.3, -0.25) is 4.79 Å². The average molecular weight is 489 g/mol. The van der Waals surface area contributed by atoms with Crippen molar-refractivity contribution >= 4 is 33.2 Å². The third-order valence-corrected chi connectivity index (χ3v) is 9.63. The van der Waals surface area contributed by atoms with E-state index in [4.69, 9.17) is 15.5 Å². The zero-order valence-corrected chi connectivity index (χ0v) is 21.1. The summed E-state index contributed by atoms with van der Waals surface area (Å²) >= 11 is 0. The number of rotatable bonds is 8. The van der Waals surface area contributed by atoms with Crippen LogP contribution in [-0.2, 0) is 31.5 Å². The molecule has 0 saturated carbocycles. The van der Waals surface area contributed by atoms with Gasteiger partial charge in [-0.1, -0.05) is 29.9 Å². The molecular formula is C24H34N5O4S+. The first-order chi connectivity index (χ1) is 16.0. The summed E-state index contributed by atoms with van der Waals surface area (Å²) in [4.78, 5) is 17.7. The van der Waals surface area contributed by atoms with Gasteiger partial charge in [-0.25, -0.2) is 4.98 Å². The van der Waals surface area contributed by atoms with E-state index in [9.17, 15) is 13.2 Å². The maximum Gasteiger partial charge on any atom is 0.356 e. The molecule has 1 amide bonds. The van der Waals surface area contributed by atoms with Crippen molar-refractivity contribution < 1.29 is 21.9 Å². The van der Waals surface area contributed by atoms with E-state index in [1.54, 1.807) is 37.4 Å². The van der Waals surface area contributed by atoms with E-state index < -0.39 is 19.4 Å². The van der Waals surface area contributed by atoms with Gasteiger partial charge >= 0.3 is 10.0 Å². The third-order valence-electron chi connectivity index (χ3n) is 7.48. The van der Waals surface area contributed by atoms with Crippen LogP contribution < -0.4 is 5.73 Å². The Morgan fingerprint density at radius 1 is 1.26 bits per heavy atom. The summed E-state index contributed by atoms with van der Waals surface area (Å²) in [6, 6.07) is 5.01. The number of nitrogens with two attached hydrogens (primary N) is 1. The quantitative estimate of drug-likeness (QED) is 0.573. The lowest BCUT2D eigenvalue weighted by molar-refractivity contribution is -0.753. The maximum absolute atomic E-state index is 13.5. The Hall–Kier alpha value is -2.56. The first-order valence-corrected chi connectivity index (χ1v) is 13.2. The van der Waals surface area contributed by atoms with Crippen LogP contribution in [0.2, 0.25) is 0 Å². The second kappa shape index (κ2) is 8.58. The Bertz CT molecular complexity index is 1260. The zero-order valence-electron chi connectivity index (χ0n) is 20.3. The average Bonchev–Trinajstić information content (AvgIpc) is 3.46. The molecule has 4 rings (SSSR count). The van der Waals surface area contributed by atoms with Gasteiger partial charge in [0.15, 0.2) is 0 Å². The number of nitrogens with zero attached hydrogens (tertiary/aromatic N) is 4. The predicted molar refractivity (Wildman–Crippen MR) is 130 cm³/mol. The summed E-state index contributed by atoms with van der Waals surface area (Å²) in [5, 5.41) is 4.22. The molecule has 1 saturated heterocycles. The molecule has 2 aromatic rings. The van der Waals surface area contributed by atoms with Crippen molar-refractivity contribution in [3.05, 3.63) is 36.3 Å². The first kappa shape index (κ1) is 24.6. The van der Waals surface area contributed by atoms with Crippen LogP contribution in [0.3, 0.4) is 0 Å². The number of fused-ring (bicyclic) bond motifs is 1. The molecule has 1 aromatic carbocycles. The van der Waals surface area contributed by atoms with Gasteiger partial charge in [0.25, 0.3) is 0 Å². The van der Waals surface area contributed by atoms with Crippen molar-refractivity contribution in [3.63, 3.8) is 0 Å². The van der Waals surface area contributed by atoms with E-state index in [1.807, 2.05) is 0 Å². The molecule has 9 nitrogen and oxygen atoms in total. The largest absolute Gasteiger partial charge is 0.381 e. The van der Waals surface area contributed by atoms with Crippen molar-refractivity contribution in [1.82, 2.24) is 9.55 Å². The lowest BCUT2D eigenvalue weighted by Crippen LogP contribution is -2.45. The molecule has 10 heteroatoms. The summed E-state index contributed by atoms with van der Waals surface area (Å²) in [5.74, 6) is 0.468.